The second-order valence-corrected chi connectivity index (χ2v) is 7.68. The standard InChI is InChI=1S/C7H14N2O3S2/c1-6(10)3-14(11,12)4-7(6,2)13-5(8)9/h10H,3-4H2,1-2H3,(H3,8,9)/p+1. The average Bonchev–Trinajstić information content (AvgIpc) is 1.91. The third-order valence-corrected chi connectivity index (χ3v) is 5.95. The molecule has 2 unspecified atom stereocenters. The number of amidine groups is 1. The second-order valence-electron chi connectivity index (χ2n) is 4.04. The van der Waals surface area contributed by atoms with E-state index in [1.165, 1.54) is 6.92 Å². The van der Waals surface area contributed by atoms with Gasteiger partial charge in [0.25, 0.3) is 5.17 Å². The van der Waals surface area contributed by atoms with Crippen LogP contribution in [0.3, 0.4) is 0 Å². The lowest BCUT2D eigenvalue weighted by molar-refractivity contribution is -0.110. The molecule has 0 amide bonds. The Kier molecular flexibility index (Phi) is 2.62. The zero-order chi connectivity index (χ0) is 11.2. The summed E-state index contributed by atoms with van der Waals surface area (Å²) < 4.78 is 21.9. The summed E-state index contributed by atoms with van der Waals surface area (Å²) in [5.74, 6) is -0.341. The molecule has 82 valence electrons. The van der Waals surface area contributed by atoms with Gasteiger partial charge < -0.3 is 5.11 Å². The summed E-state index contributed by atoms with van der Waals surface area (Å²) in [6.07, 6.45) is 0. The van der Waals surface area contributed by atoms with Gasteiger partial charge in [0, 0.05) is 0 Å². The fraction of sp³-hybridized carbons (Fsp3) is 0.857. The van der Waals surface area contributed by atoms with Crippen molar-refractivity contribution in [2.75, 3.05) is 11.5 Å². The van der Waals surface area contributed by atoms with Crippen LogP contribution in [0.15, 0.2) is 0 Å². The fourth-order valence-electron chi connectivity index (χ4n) is 1.61. The number of rotatable bonds is 1. The van der Waals surface area contributed by atoms with E-state index in [0.717, 1.165) is 11.8 Å². The molecule has 1 aliphatic rings. The Bertz CT molecular complexity index is 363. The lowest BCUT2D eigenvalue weighted by Crippen LogP contribution is -2.52. The highest BCUT2D eigenvalue weighted by molar-refractivity contribution is 8.15. The van der Waals surface area contributed by atoms with E-state index in [0.29, 0.717) is 0 Å². The third-order valence-electron chi connectivity index (χ3n) is 2.48. The predicted molar refractivity (Wildman–Crippen MR) is 56.4 cm³/mol. The van der Waals surface area contributed by atoms with E-state index in [9.17, 15) is 13.5 Å². The highest BCUT2D eigenvalue weighted by Gasteiger charge is 2.56. The maximum atomic E-state index is 11.4. The van der Waals surface area contributed by atoms with Crippen molar-refractivity contribution in [2.45, 2.75) is 24.2 Å². The molecule has 5 N–H and O–H groups in total. The quantitative estimate of drug-likeness (QED) is 0.353. The maximum absolute atomic E-state index is 11.4. The highest BCUT2D eigenvalue weighted by atomic mass is 32.2. The fourth-order valence-corrected chi connectivity index (χ4v) is 5.71. The monoisotopic (exact) mass is 239 g/mol. The zero-order valence-electron chi connectivity index (χ0n) is 8.15. The van der Waals surface area contributed by atoms with Gasteiger partial charge in [-0.25, -0.2) is 8.42 Å². The smallest absolute Gasteiger partial charge is 0.300 e. The van der Waals surface area contributed by atoms with E-state index in [4.69, 9.17) is 11.1 Å². The minimum absolute atomic E-state index is 0.0740. The molecule has 1 heterocycles. The van der Waals surface area contributed by atoms with Crippen molar-refractivity contribution in [1.29, 1.82) is 0 Å². The summed E-state index contributed by atoms with van der Waals surface area (Å²) >= 11 is 1.02. The predicted octanol–water partition coefficient (Wildman–Crippen LogP) is -2.27. The van der Waals surface area contributed by atoms with Crippen molar-refractivity contribution in [3.63, 3.8) is 0 Å². The number of thioether (sulfide) groups is 1. The first-order valence-electron chi connectivity index (χ1n) is 4.08. The number of hydrogen-bond acceptors (Lipinski definition) is 4. The molecule has 0 aromatic rings. The normalized spacial score (nSPS) is 41.1. The topological polar surface area (TPSA) is 106 Å². The Balaban J connectivity index is 3.05. The molecular weight excluding hydrogens is 224 g/mol. The van der Waals surface area contributed by atoms with Gasteiger partial charge in [0.2, 0.25) is 0 Å². The van der Waals surface area contributed by atoms with Crippen LogP contribution in [0.5, 0.6) is 0 Å². The van der Waals surface area contributed by atoms with Gasteiger partial charge in [0.05, 0.1) is 21.9 Å². The summed E-state index contributed by atoms with van der Waals surface area (Å²) in [6, 6.07) is 0. The van der Waals surface area contributed by atoms with Crippen molar-refractivity contribution in [3.8, 4) is 0 Å². The van der Waals surface area contributed by atoms with Crippen molar-refractivity contribution in [1.82, 2.24) is 0 Å². The minimum atomic E-state index is -3.20. The molecule has 5 nitrogen and oxygen atoms in total. The number of sulfone groups is 1. The van der Waals surface area contributed by atoms with Gasteiger partial charge in [-0.2, -0.15) is 0 Å². The van der Waals surface area contributed by atoms with Crippen LogP contribution in [0.4, 0.5) is 0 Å². The van der Waals surface area contributed by atoms with E-state index in [1.807, 2.05) is 0 Å². The van der Waals surface area contributed by atoms with E-state index in [2.05, 4.69) is 0 Å². The first kappa shape index (κ1) is 11.8. The average molecular weight is 239 g/mol. The minimum Gasteiger partial charge on any atom is -0.388 e. The van der Waals surface area contributed by atoms with Gasteiger partial charge in [0.15, 0.2) is 9.84 Å². The summed E-state index contributed by atoms with van der Waals surface area (Å²) in [4.78, 5) is 0. The molecule has 0 aromatic heterocycles. The van der Waals surface area contributed by atoms with E-state index >= 15 is 0 Å². The van der Waals surface area contributed by atoms with E-state index in [-0.39, 0.29) is 16.7 Å². The van der Waals surface area contributed by atoms with Crippen LogP contribution in [0, 0.1) is 0 Å². The van der Waals surface area contributed by atoms with Gasteiger partial charge in [-0.3, -0.25) is 11.1 Å². The lowest BCUT2D eigenvalue weighted by Gasteiger charge is -2.32. The Labute approximate surface area is 87.5 Å². The molecule has 0 radical (unpaired) electrons. The molecule has 1 rings (SSSR count). The van der Waals surface area contributed by atoms with Gasteiger partial charge in [0.1, 0.15) is 0 Å². The second kappa shape index (κ2) is 3.11. The van der Waals surface area contributed by atoms with Crippen LogP contribution >= 0.6 is 11.8 Å². The zero-order valence-corrected chi connectivity index (χ0v) is 9.78. The van der Waals surface area contributed by atoms with E-state index < -0.39 is 20.2 Å². The molecule has 1 aliphatic heterocycles. The number of nitrogens with two attached hydrogens (primary N) is 2. The maximum Gasteiger partial charge on any atom is 0.300 e. The Morgan fingerprint density at radius 3 is 2.29 bits per heavy atom. The molecule has 1 saturated heterocycles. The Morgan fingerprint density at radius 2 is 2.00 bits per heavy atom. The van der Waals surface area contributed by atoms with Crippen LogP contribution < -0.4 is 11.1 Å². The van der Waals surface area contributed by atoms with Crippen LogP contribution in [0.1, 0.15) is 13.8 Å². The first-order chi connectivity index (χ1) is 6.08. The van der Waals surface area contributed by atoms with Gasteiger partial charge >= 0.3 is 0 Å². The van der Waals surface area contributed by atoms with Crippen LogP contribution in [0.2, 0.25) is 0 Å². The number of aliphatic hydroxyl groups is 1. The molecule has 1 fully saturated rings. The van der Waals surface area contributed by atoms with Crippen LogP contribution in [-0.4, -0.2) is 40.5 Å². The Hall–Kier alpha value is -0.270. The van der Waals surface area contributed by atoms with Crippen molar-refractivity contribution < 1.29 is 18.9 Å². The lowest BCUT2D eigenvalue weighted by atomic mass is 9.94. The number of hydrogen-bond donors (Lipinski definition) is 3. The molecular formula is C7H15N2O3S2+. The molecule has 7 heteroatoms. The van der Waals surface area contributed by atoms with Crippen LogP contribution in [-0.2, 0) is 9.84 Å². The molecule has 0 aromatic carbocycles. The Morgan fingerprint density at radius 1 is 1.50 bits per heavy atom. The third kappa shape index (κ3) is 2.04. The highest BCUT2D eigenvalue weighted by Crippen LogP contribution is 2.42. The molecule has 0 saturated carbocycles. The summed E-state index contributed by atoms with van der Waals surface area (Å²) in [6.45, 7) is 3.15. The molecule has 0 aliphatic carbocycles. The van der Waals surface area contributed by atoms with E-state index in [1.54, 1.807) is 6.92 Å². The first-order valence-corrected chi connectivity index (χ1v) is 6.71. The molecule has 2 atom stereocenters. The molecule has 0 spiro atoms. The molecule has 14 heavy (non-hydrogen) atoms. The summed E-state index contributed by atoms with van der Waals surface area (Å²) in [5.41, 5.74) is 4.03. The van der Waals surface area contributed by atoms with Gasteiger partial charge in [-0.15, -0.1) is 0 Å². The van der Waals surface area contributed by atoms with Crippen molar-refractivity contribution in [2.24, 2.45) is 5.73 Å². The van der Waals surface area contributed by atoms with Crippen LogP contribution in [0.25, 0.3) is 0 Å². The van der Waals surface area contributed by atoms with Crippen molar-refractivity contribution in [3.05, 3.63) is 0 Å². The molecule has 0 bridgehead atoms. The van der Waals surface area contributed by atoms with Crippen molar-refractivity contribution >= 4 is 26.8 Å². The summed E-state index contributed by atoms with van der Waals surface area (Å²) in [7, 11) is -3.20. The van der Waals surface area contributed by atoms with Gasteiger partial charge in [-0.1, -0.05) is 0 Å². The van der Waals surface area contributed by atoms with Gasteiger partial charge in [-0.05, 0) is 25.6 Å². The summed E-state index contributed by atoms with van der Waals surface area (Å²) in [5, 5.41) is 15.4. The largest absolute Gasteiger partial charge is 0.388 e. The SMILES string of the molecule is CC1(O)CS(=O)(=O)CC1(C)SC(N)=[NH2+].